The number of likely N-dealkylation sites (N-methyl/N-ethyl adjacent to an activating group) is 1. The maximum absolute atomic E-state index is 12.7. The van der Waals surface area contributed by atoms with Crippen LogP contribution in [0.1, 0.15) is 45.2 Å². The van der Waals surface area contributed by atoms with Gasteiger partial charge in [0, 0.05) is 24.2 Å². The van der Waals surface area contributed by atoms with E-state index in [0.717, 1.165) is 18.4 Å². The van der Waals surface area contributed by atoms with Gasteiger partial charge in [-0.3, -0.25) is 14.5 Å². The van der Waals surface area contributed by atoms with Gasteiger partial charge < -0.3 is 10.6 Å². The number of rotatable bonds is 4. The maximum atomic E-state index is 12.7. The third kappa shape index (κ3) is 4.48. The van der Waals surface area contributed by atoms with Crippen molar-refractivity contribution in [1.82, 2.24) is 15.5 Å². The van der Waals surface area contributed by atoms with Crippen LogP contribution in [-0.4, -0.2) is 41.9 Å². The number of halogens is 1. The van der Waals surface area contributed by atoms with Crippen LogP contribution in [0.15, 0.2) is 24.3 Å². The maximum Gasteiger partial charge on any atom is 0.241 e. The summed E-state index contributed by atoms with van der Waals surface area (Å²) in [5.74, 6) is -0.143. The largest absolute Gasteiger partial charge is 0.358 e. The molecule has 24 heavy (non-hydrogen) atoms. The zero-order valence-electron chi connectivity index (χ0n) is 14.7. The Bertz CT molecular complexity index is 595. The standard InChI is InChI=1S/C18H26ClN3O2/c1-18(2,3)21-16(23)14-6-5-11-22(14)15(17(24)20-4)12-7-9-13(19)10-8-12/h7-10,14-15H,5-6,11H2,1-4H3,(H,20,24)(H,21,23)/t14-,15+/m0/s1. The molecule has 1 aromatic carbocycles. The molecule has 0 aliphatic carbocycles. The molecule has 0 radical (unpaired) electrons. The number of carbonyl (C=O) groups is 2. The molecule has 1 heterocycles. The second-order valence-electron chi connectivity index (χ2n) is 7.20. The van der Waals surface area contributed by atoms with E-state index in [2.05, 4.69) is 10.6 Å². The summed E-state index contributed by atoms with van der Waals surface area (Å²) in [6, 6.07) is 6.44. The first kappa shape index (κ1) is 18.7. The van der Waals surface area contributed by atoms with E-state index in [1.54, 1.807) is 19.2 Å². The van der Waals surface area contributed by atoms with Gasteiger partial charge in [-0.15, -0.1) is 0 Å². The van der Waals surface area contributed by atoms with Gasteiger partial charge in [0.2, 0.25) is 11.8 Å². The first-order valence-corrected chi connectivity index (χ1v) is 8.65. The van der Waals surface area contributed by atoms with E-state index in [9.17, 15) is 9.59 Å². The molecule has 0 unspecified atom stereocenters. The van der Waals surface area contributed by atoms with Crippen LogP contribution in [-0.2, 0) is 9.59 Å². The molecule has 2 rings (SSSR count). The van der Waals surface area contributed by atoms with Gasteiger partial charge in [-0.05, 0) is 51.3 Å². The fraction of sp³-hybridized carbons (Fsp3) is 0.556. The monoisotopic (exact) mass is 351 g/mol. The summed E-state index contributed by atoms with van der Waals surface area (Å²) in [7, 11) is 1.62. The van der Waals surface area contributed by atoms with Crippen molar-refractivity contribution in [3.8, 4) is 0 Å². The highest BCUT2D eigenvalue weighted by Gasteiger charge is 2.39. The summed E-state index contributed by atoms with van der Waals surface area (Å²) in [4.78, 5) is 27.2. The number of benzene rings is 1. The van der Waals surface area contributed by atoms with E-state index in [-0.39, 0.29) is 23.4 Å². The Hall–Kier alpha value is -1.59. The summed E-state index contributed by atoms with van der Waals surface area (Å²) >= 11 is 5.96. The molecule has 5 nitrogen and oxygen atoms in total. The lowest BCUT2D eigenvalue weighted by atomic mass is 10.0. The van der Waals surface area contributed by atoms with Crippen molar-refractivity contribution >= 4 is 23.4 Å². The molecule has 2 amide bonds. The molecule has 1 aliphatic rings. The Morgan fingerprint density at radius 2 is 1.88 bits per heavy atom. The van der Waals surface area contributed by atoms with E-state index >= 15 is 0 Å². The zero-order valence-corrected chi connectivity index (χ0v) is 15.5. The quantitative estimate of drug-likeness (QED) is 0.876. The molecule has 132 valence electrons. The van der Waals surface area contributed by atoms with E-state index in [1.165, 1.54) is 0 Å². The number of carbonyl (C=O) groups excluding carboxylic acids is 2. The van der Waals surface area contributed by atoms with E-state index < -0.39 is 6.04 Å². The molecular formula is C18H26ClN3O2. The first-order chi connectivity index (χ1) is 11.2. The predicted molar refractivity (Wildman–Crippen MR) is 95.9 cm³/mol. The number of nitrogens with zero attached hydrogens (tertiary/aromatic N) is 1. The smallest absolute Gasteiger partial charge is 0.241 e. The second-order valence-corrected chi connectivity index (χ2v) is 7.64. The molecule has 6 heteroatoms. The predicted octanol–water partition coefficient (Wildman–Crippen LogP) is 2.51. The number of amides is 2. The van der Waals surface area contributed by atoms with Crippen LogP contribution in [0.25, 0.3) is 0 Å². The molecule has 1 saturated heterocycles. The Labute approximate surface area is 148 Å². The SMILES string of the molecule is CNC(=O)[C@@H](c1ccc(Cl)cc1)N1CCC[C@H]1C(=O)NC(C)(C)C. The Balaban J connectivity index is 2.29. The summed E-state index contributed by atoms with van der Waals surface area (Å²) in [6.07, 6.45) is 1.65. The van der Waals surface area contributed by atoms with Gasteiger partial charge in [-0.25, -0.2) is 0 Å². The Morgan fingerprint density at radius 1 is 1.25 bits per heavy atom. The molecule has 0 bridgehead atoms. The molecule has 0 aromatic heterocycles. The van der Waals surface area contributed by atoms with Crippen LogP contribution in [0.5, 0.6) is 0 Å². The lowest BCUT2D eigenvalue weighted by molar-refractivity contribution is -0.131. The number of nitrogens with one attached hydrogen (secondary N) is 2. The average Bonchev–Trinajstić information content (AvgIpc) is 2.97. The van der Waals surface area contributed by atoms with Crippen molar-refractivity contribution in [3.05, 3.63) is 34.9 Å². The molecule has 1 aliphatic heterocycles. The average molecular weight is 352 g/mol. The Kier molecular flexibility index (Phi) is 5.88. The van der Waals surface area contributed by atoms with E-state index in [1.807, 2.05) is 37.8 Å². The molecule has 2 N–H and O–H groups in total. The molecule has 2 atom stereocenters. The van der Waals surface area contributed by atoms with Crippen molar-refractivity contribution in [2.45, 2.75) is 51.2 Å². The van der Waals surface area contributed by atoms with Crippen LogP contribution in [0.3, 0.4) is 0 Å². The van der Waals surface area contributed by atoms with E-state index in [4.69, 9.17) is 11.6 Å². The molecule has 1 fully saturated rings. The summed E-state index contributed by atoms with van der Waals surface area (Å²) in [5.41, 5.74) is 0.544. The van der Waals surface area contributed by atoms with Crippen molar-refractivity contribution in [1.29, 1.82) is 0 Å². The minimum absolute atomic E-state index is 0.0251. The number of likely N-dealkylation sites (tertiary alicyclic amines) is 1. The van der Waals surface area contributed by atoms with Gasteiger partial charge in [0.1, 0.15) is 6.04 Å². The fourth-order valence-corrected chi connectivity index (χ4v) is 3.23. The van der Waals surface area contributed by atoms with Gasteiger partial charge in [0.25, 0.3) is 0 Å². The van der Waals surface area contributed by atoms with Gasteiger partial charge in [-0.2, -0.15) is 0 Å². The Morgan fingerprint density at radius 3 is 2.42 bits per heavy atom. The highest BCUT2D eigenvalue weighted by Crippen LogP contribution is 2.31. The second kappa shape index (κ2) is 7.53. The third-order valence-corrected chi connectivity index (χ3v) is 4.36. The zero-order chi connectivity index (χ0) is 17.9. The van der Waals surface area contributed by atoms with Crippen molar-refractivity contribution < 1.29 is 9.59 Å². The van der Waals surface area contributed by atoms with Crippen LogP contribution in [0.2, 0.25) is 5.02 Å². The van der Waals surface area contributed by atoms with Crippen molar-refractivity contribution in [2.75, 3.05) is 13.6 Å². The third-order valence-electron chi connectivity index (χ3n) is 4.11. The minimum atomic E-state index is -0.495. The number of hydrogen-bond acceptors (Lipinski definition) is 3. The highest BCUT2D eigenvalue weighted by atomic mass is 35.5. The first-order valence-electron chi connectivity index (χ1n) is 8.28. The lowest BCUT2D eigenvalue weighted by Crippen LogP contribution is -2.52. The van der Waals surface area contributed by atoms with Crippen LogP contribution < -0.4 is 10.6 Å². The summed E-state index contributed by atoms with van der Waals surface area (Å²) < 4.78 is 0. The topological polar surface area (TPSA) is 61.4 Å². The minimum Gasteiger partial charge on any atom is -0.358 e. The molecule has 0 saturated carbocycles. The molecular weight excluding hydrogens is 326 g/mol. The van der Waals surface area contributed by atoms with Crippen molar-refractivity contribution in [2.24, 2.45) is 0 Å². The summed E-state index contributed by atoms with van der Waals surface area (Å²) in [5, 5.41) is 6.37. The number of hydrogen-bond donors (Lipinski definition) is 2. The van der Waals surface area contributed by atoms with Gasteiger partial charge in [0.05, 0.1) is 6.04 Å². The van der Waals surface area contributed by atoms with Gasteiger partial charge >= 0.3 is 0 Å². The van der Waals surface area contributed by atoms with Crippen molar-refractivity contribution in [3.63, 3.8) is 0 Å². The molecule has 1 aromatic rings. The highest BCUT2D eigenvalue weighted by molar-refractivity contribution is 6.30. The van der Waals surface area contributed by atoms with Crippen LogP contribution in [0.4, 0.5) is 0 Å². The van der Waals surface area contributed by atoms with Crippen LogP contribution >= 0.6 is 11.6 Å². The molecule has 0 spiro atoms. The van der Waals surface area contributed by atoms with Gasteiger partial charge in [-0.1, -0.05) is 23.7 Å². The van der Waals surface area contributed by atoms with Crippen LogP contribution in [0, 0.1) is 0 Å². The lowest BCUT2D eigenvalue weighted by Gasteiger charge is -2.33. The van der Waals surface area contributed by atoms with Gasteiger partial charge in [0.15, 0.2) is 0 Å². The fourth-order valence-electron chi connectivity index (χ4n) is 3.11. The summed E-state index contributed by atoms with van der Waals surface area (Å²) in [6.45, 7) is 6.59. The normalized spacial score (nSPS) is 19.8. The van der Waals surface area contributed by atoms with E-state index in [0.29, 0.717) is 11.6 Å².